The predicted octanol–water partition coefficient (Wildman–Crippen LogP) is 2.95. The second kappa shape index (κ2) is 6.82. The summed E-state index contributed by atoms with van der Waals surface area (Å²) in [7, 11) is 0. The van der Waals surface area contributed by atoms with E-state index in [0.29, 0.717) is 6.42 Å². The molecule has 2 atom stereocenters. The van der Waals surface area contributed by atoms with E-state index in [9.17, 15) is 4.39 Å². The molecule has 0 radical (unpaired) electrons. The normalized spacial score (nSPS) is 13.2. The summed E-state index contributed by atoms with van der Waals surface area (Å²) in [6.45, 7) is 1.94. The first-order chi connectivity index (χ1) is 10.2. The fraction of sp³-hybridized carbons (Fsp3) is 0.250. The van der Waals surface area contributed by atoms with Gasteiger partial charge < -0.3 is 10.5 Å². The Hall–Kier alpha value is -2.45. The maximum atomic E-state index is 13.6. The van der Waals surface area contributed by atoms with Crippen LogP contribution < -0.4 is 10.5 Å². The second-order valence-electron chi connectivity index (χ2n) is 4.62. The molecular formula is C16H16FN3O. The fourth-order valence-electron chi connectivity index (χ4n) is 2.01. The third kappa shape index (κ3) is 3.36. The first-order valence-corrected chi connectivity index (χ1v) is 6.68. The lowest BCUT2D eigenvalue weighted by Gasteiger charge is -2.25. The van der Waals surface area contributed by atoms with Crippen LogP contribution in [-0.4, -0.2) is 11.0 Å². The fourth-order valence-corrected chi connectivity index (χ4v) is 2.01. The number of hydrogen-bond donors (Lipinski definition) is 1. The van der Waals surface area contributed by atoms with Crippen molar-refractivity contribution in [1.29, 1.82) is 5.26 Å². The molecule has 1 aromatic heterocycles. The van der Waals surface area contributed by atoms with Crippen LogP contribution in [0, 0.1) is 17.1 Å². The molecule has 0 spiro atoms. The van der Waals surface area contributed by atoms with Crippen LogP contribution in [0.15, 0.2) is 42.7 Å². The van der Waals surface area contributed by atoms with Crippen molar-refractivity contribution in [3.63, 3.8) is 0 Å². The van der Waals surface area contributed by atoms with E-state index >= 15 is 0 Å². The highest BCUT2D eigenvalue weighted by molar-refractivity contribution is 5.44. The Bertz CT molecular complexity index is 640. The SMILES string of the molecule is CCC(N)C(Oc1cccc(F)c1C#N)c1cccnc1. The van der Waals surface area contributed by atoms with Gasteiger partial charge in [-0.2, -0.15) is 5.26 Å². The van der Waals surface area contributed by atoms with Gasteiger partial charge in [-0.05, 0) is 24.6 Å². The zero-order chi connectivity index (χ0) is 15.2. The van der Waals surface area contributed by atoms with Gasteiger partial charge in [0.2, 0.25) is 0 Å². The van der Waals surface area contributed by atoms with Crippen molar-refractivity contribution in [2.45, 2.75) is 25.5 Å². The number of halogens is 1. The van der Waals surface area contributed by atoms with Crippen molar-refractivity contribution in [3.8, 4) is 11.8 Å². The topological polar surface area (TPSA) is 71.9 Å². The van der Waals surface area contributed by atoms with Crippen LogP contribution in [-0.2, 0) is 0 Å². The first kappa shape index (κ1) is 14.9. The van der Waals surface area contributed by atoms with Gasteiger partial charge in [0.15, 0.2) is 0 Å². The molecule has 2 aromatic rings. The highest BCUT2D eigenvalue weighted by atomic mass is 19.1. The van der Waals surface area contributed by atoms with Crippen molar-refractivity contribution < 1.29 is 9.13 Å². The van der Waals surface area contributed by atoms with Gasteiger partial charge in [0.05, 0.1) is 0 Å². The Kier molecular flexibility index (Phi) is 4.85. The van der Waals surface area contributed by atoms with Gasteiger partial charge >= 0.3 is 0 Å². The van der Waals surface area contributed by atoms with Crippen molar-refractivity contribution >= 4 is 0 Å². The van der Waals surface area contributed by atoms with Gasteiger partial charge in [0.1, 0.15) is 29.3 Å². The summed E-state index contributed by atoms with van der Waals surface area (Å²) in [5.41, 5.74) is 6.77. The Morgan fingerprint density at radius 3 is 2.81 bits per heavy atom. The van der Waals surface area contributed by atoms with E-state index in [-0.39, 0.29) is 17.4 Å². The third-order valence-electron chi connectivity index (χ3n) is 3.21. The average molecular weight is 285 g/mol. The summed E-state index contributed by atoms with van der Waals surface area (Å²) >= 11 is 0. The molecule has 1 heterocycles. The van der Waals surface area contributed by atoms with Crippen LogP contribution in [0.5, 0.6) is 5.75 Å². The van der Waals surface area contributed by atoms with E-state index in [1.807, 2.05) is 19.1 Å². The number of nitriles is 1. The van der Waals surface area contributed by atoms with Crippen LogP contribution in [0.25, 0.3) is 0 Å². The first-order valence-electron chi connectivity index (χ1n) is 6.68. The molecule has 108 valence electrons. The zero-order valence-electron chi connectivity index (χ0n) is 11.7. The number of aromatic nitrogens is 1. The van der Waals surface area contributed by atoms with Crippen LogP contribution in [0.2, 0.25) is 0 Å². The Balaban J connectivity index is 2.37. The molecule has 5 heteroatoms. The molecule has 0 aliphatic carbocycles. The summed E-state index contributed by atoms with van der Waals surface area (Å²) in [5, 5.41) is 9.06. The predicted molar refractivity (Wildman–Crippen MR) is 77.0 cm³/mol. The molecule has 0 bridgehead atoms. The van der Waals surface area contributed by atoms with Crippen molar-refractivity contribution in [1.82, 2.24) is 4.98 Å². The standard InChI is InChI=1S/C16H16FN3O/c1-2-14(19)16(11-5-4-8-20-10-11)21-15-7-3-6-13(17)12(15)9-18/h3-8,10,14,16H,2,19H2,1H3. The van der Waals surface area contributed by atoms with Gasteiger partial charge in [0, 0.05) is 24.0 Å². The molecule has 0 aliphatic heterocycles. The average Bonchev–Trinajstić information content (AvgIpc) is 2.53. The van der Waals surface area contributed by atoms with Crippen LogP contribution >= 0.6 is 0 Å². The summed E-state index contributed by atoms with van der Waals surface area (Å²) in [6, 6.07) is 9.45. The zero-order valence-corrected chi connectivity index (χ0v) is 11.7. The largest absolute Gasteiger partial charge is 0.483 e. The number of ether oxygens (including phenoxy) is 1. The van der Waals surface area contributed by atoms with Gasteiger partial charge in [-0.3, -0.25) is 4.98 Å². The van der Waals surface area contributed by atoms with E-state index in [1.165, 1.54) is 12.1 Å². The maximum Gasteiger partial charge on any atom is 0.144 e. The van der Waals surface area contributed by atoms with Crippen molar-refractivity contribution in [3.05, 3.63) is 59.7 Å². The van der Waals surface area contributed by atoms with Crippen molar-refractivity contribution in [2.75, 3.05) is 0 Å². The van der Waals surface area contributed by atoms with Crippen molar-refractivity contribution in [2.24, 2.45) is 5.73 Å². The van der Waals surface area contributed by atoms with Gasteiger partial charge in [0.25, 0.3) is 0 Å². The number of pyridine rings is 1. The van der Waals surface area contributed by atoms with E-state index in [2.05, 4.69) is 4.98 Å². The summed E-state index contributed by atoms with van der Waals surface area (Å²) in [4.78, 5) is 4.05. The lowest BCUT2D eigenvalue weighted by Crippen LogP contribution is -2.31. The van der Waals surface area contributed by atoms with Crippen LogP contribution in [0.3, 0.4) is 0 Å². The molecule has 0 amide bonds. The molecule has 4 nitrogen and oxygen atoms in total. The number of hydrogen-bond acceptors (Lipinski definition) is 4. The highest BCUT2D eigenvalue weighted by Gasteiger charge is 2.22. The minimum absolute atomic E-state index is 0.116. The van der Waals surface area contributed by atoms with E-state index in [0.717, 1.165) is 5.56 Å². The molecular weight excluding hydrogens is 269 g/mol. The maximum absolute atomic E-state index is 13.6. The lowest BCUT2D eigenvalue weighted by atomic mass is 10.0. The van der Waals surface area contributed by atoms with Gasteiger partial charge in [-0.25, -0.2) is 4.39 Å². The number of nitrogens with two attached hydrogens (primary N) is 1. The highest BCUT2D eigenvalue weighted by Crippen LogP contribution is 2.28. The minimum Gasteiger partial charge on any atom is -0.483 e. The molecule has 21 heavy (non-hydrogen) atoms. The monoisotopic (exact) mass is 285 g/mol. The molecule has 0 aliphatic rings. The molecule has 0 saturated heterocycles. The summed E-state index contributed by atoms with van der Waals surface area (Å²) < 4.78 is 19.5. The molecule has 1 aromatic carbocycles. The van der Waals surface area contributed by atoms with E-state index in [1.54, 1.807) is 24.5 Å². The van der Waals surface area contributed by atoms with Gasteiger partial charge in [-0.15, -0.1) is 0 Å². The molecule has 0 fully saturated rings. The third-order valence-corrected chi connectivity index (χ3v) is 3.21. The number of benzene rings is 1. The Labute approximate surface area is 123 Å². The lowest BCUT2D eigenvalue weighted by molar-refractivity contribution is 0.169. The van der Waals surface area contributed by atoms with E-state index in [4.69, 9.17) is 15.7 Å². The Morgan fingerprint density at radius 2 is 2.19 bits per heavy atom. The Morgan fingerprint density at radius 1 is 1.38 bits per heavy atom. The molecule has 2 N–H and O–H groups in total. The molecule has 2 unspecified atom stereocenters. The summed E-state index contributed by atoms with van der Waals surface area (Å²) in [6.07, 6.45) is 3.50. The van der Waals surface area contributed by atoms with E-state index < -0.39 is 11.9 Å². The summed E-state index contributed by atoms with van der Waals surface area (Å²) in [5.74, 6) is -0.416. The molecule has 0 saturated carbocycles. The van der Waals surface area contributed by atoms with Crippen LogP contribution in [0.1, 0.15) is 30.6 Å². The van der Waals surface area contributed by atoms with Crippen LogP contribution in [0.4, 0.5) is 4.39 Å². The minimum atomic E-state index is -0.606. The number of nitrogens with zero attached hydrogens (tertiary/aromatic N) is 2. The smallest absolute Gasteiger partial charge is 0.144 e. The molecule has 2 rings (SSSR count). The quantitative estimate of drug-likeness (QED) is 0.916. The second-order valence-corrected chi connectivity index (χ2v) is 4.62. The number of rotatable bonds is 5. The van der Waals surface area contributed by atoms with Gasteiger partial charge in [-0.1, -0.05) is 19.1 Å².